The molecular formula is C26H33N3O4. The van der Waals surface area contributed by atoms with Gasteiger partial charge < -0.3 is 20.3 Å². The molecule has 3 rings (SSSR count). The molecule has 0 aromatic heterocycles. The molecule has 7 nitrogen and oxygen atoms in total. The Morgan fingerprint density at radius 1 is 1.00 bits per heavy atom. The van der Waals surface area contributed by atoms with Crippen LogP contribution in [-0.2, 0) is 4.79 Å². The SMILES string of the molecule is COc1cccc(C(=O)N[C@@H](C(=O)NCC(C)C)C2CCN(C(=O)c3ccccc3)CC2)c1. The van der Waals surface area contributed by atoms with Gasteiger partial charge in [0, 0.05) is 30.8 Å². The van der Waals surface area contributed by atoms with E-state index >= 15 is 0 Å². The maximum absolute atomic E-state index is 13.0. The Labute approximate surface area is 195 Å². The van der Waals surface area contributed by atoms with Gasteiger partial charge in [-0.1, -0.05) is 38.1 Å². The van der Waals surface area contributed by atoms with E-state index in [1.165, 1.54) is 0 Å². The van der Waals surface area contributed by atoms with Gasteiger partial charge in [0.25, 0.3) is 11.8 Å². The molecule has 0 bridgehead atoms. The lowest BCUT2D eigenvalue weighted by atomic mass is 9.88. The van der Waals surface area contributed by atoms with Crippen LogP contribution < -0.4 is 15.4 Å². The Morgan fingerprint density at radius 3 is 2.30 bits per heavy atom. The van der Waals surface area contributed by atoms with Crippen LogP contribution in [-0.4, -0.2) is 55.4 Å². The van der Waals surface area contributed by atoms with Crippen molar-refractivity contribution >= 4 is 17.7 Å². The fourth-order valence-corrected chi connectivity index (χ4v) is 4.00. The van der Waals surface area contributed by atoms with Crippen molar-refractivity contribution in [1.29, 1.82) is 0 Å². The third-order valence-corrected chi connectivity index (χ3v) is 5.90. The first-order chi connectivity index (χ1) is 15.9. The quantitative estimate of drug-likeness (QED) is 0.646. The number of hydrogen-bond donors (Lipinski definition) is 2. The minimum atomic E-state index is -0.670. The minimum absolute atomic E-state index is 0.00437. The summed E-state index contributed by atoms with van der Waals surface area (Å²) in [4.78, 5) is 40.6. The number of ether oxygens (including phenoxy) is 1. The van der Waals surface area contributed by atoms with Gasteiger partial charge in [-0.05, 0) is 55.0 Å². The van der Waals surface area contributed by atoms with Crippen LogP contribution >= 0.6 is 0 Å². The Morgan fingerprint density at radius 2 is 1.67 bits per heavy atom. The van der Waals surface area contributed by atoms with Gasteiger partial charge in [-0.25, -0.2) is 0 Å². The van der Waals surface area contributed by atoms with Crippen molar-refractivity contribution in [3.05, 3.63) is 65.7 Å². The number of carbonyl (C=O) groups excluding carboxylic acids is 3. The molecule has 2 N–H and O–H groups in total. The number of likely N-dealkylation sites (tertiary alicyclic amines) is 1. The average Bonchev–Trinajstić information content (AvgIpc) is 2.86. The van der Waals surface area contributed by atoms with Gasteiger partial charge in [-0.2, -0.15) is 0 Å². The van der Waals surface area contributed by atoms with Gasteiger partial charge in [-0.3, -0.25) is 14.4 Å². The second-order valence-corrected chi connectivity index (χ2v) is 8.82. The van der Waals surface area contributed by atoms with Crippen molar-refractivity contribution in [1.82, 2.24) is 15.5 Å². The van der Waals surface area contributed by atoms with Crippen molar-refractivity contribution in [2.24, 2.45) is 11.8 Å². The van der Waals surface area contributed by atoms with Gasteiger partial charge >= 0.3 is 0 Å². The van der Waals surface area contributed by atoms with Crippen LogP contribution in [0.15, 0.2) is 54.6 Å². The predicted molar refractivity (Wildman–Crippen MR) is 127 cm³/mol. The first-order valence-corrected chi connectivity index (χ1v) is 11.5. The first kappa shape index (κ1) is 24.3. The molecule has 1 aliphatic rings. The molecule has 1 aliphatic heterocycles. The summed E-state index contributed by atoms with van der Waals surface area (Å²) in [6, 6.07) is 15.4. The van der Waals surface area contributed by atoms with E-state index < -0.39 is 6.04 Å². The topological polar surface area (TPSA) is 87.7 Å². The maximum Gasteiger partial charge on any atom is 0.253 e. The number of rotatable bonds is 8. The van der Waals surface area contributed by atoms with Gasteiger partial charge in [0.2, 0.25) is 5.91 Å². The van der Waals surface area contributed by atoms with E-state index in [1.54, 1.807) is 31.4 Å². The zero-order valence-electron chi connectivity index (χ0n) is 19.5. The molecule has 7 heteroatoms. The molecule has 0 spiro atoms. The largest absolute Gasteiger partial charge is 0.497 e. The molecular weight excluding hydrogens is 418 g/mol. The molecule has 176 valence electrons. The molecule has 1 fully saturated rings. The van der Waals surface area contributed by atoms with E-state index in [2.05, 4.69) is 10.6 Å². The second-order valence-electron chi connectivity index (χ2n) is 8.82. The molecule has 0 aliphatic carbocycles. The lowest BCUT2D eigenvalue weighted by molar-refractivity contribution is -0.124. The molecule has 0 radical (unpaired) electrons. The summed E-state index contributed by atoms with van der Waals surface area (Å²) in [5.41, 5.74) is 1.10. The fourth-order valence-electron chi connectivity index (χ4n) is 4.00. The number of carbonyl (C=O) groups is 3. The summed E-state index contributed by atoms with van der Waals surface area (Å²) in [6.45, 7) is 5.67. The summed E-state index contributed by atoms with van der Waals surface area (Å²) < 4.78 is 5.21. The summed E-state index contributed by atoms with van der Waals surface area (Å²) in [6.07, 6.45) is 1.27. The van der Waals surface area contributed by atoms with Crippen LogP contribution in [0.3, 0.4) is 0 Å². The van der Waals surface area contributed by atoms with Crippen LogP contribution in [0.25, 0.3) is 0 Å². The van der Waals surface area contributed by atoms with Crippen molar-refractivity contribution in [3.8, 4) is 5.75 Å². The van der Waals surface area contributed by atoms with E-state index in [1.807, 2.05) is 49.1 Å². The van der Waals surface area contributed by atoms with Crippen LogP contribution in [0.1, 0.15) is 47.4 Å². The Kier molecular flexibility index (Phi) is 8.46. The highest BCUT2D eigenvalue weighted by Gasteiger charge is 2.34. The third-order valence-electron chi connectivity index (χ3n) is 5.90. The monoisotopic (exact) mass is 451 g/mol. The third kappa shape index (κ3) is 6.57. The molecule has 2 aromatic rings. The van der Waals surface area contributed by atoms with Gasteiger partial charge in [-0.15, -0.1) is 0 Å². The molecule has 33 heavy (non-hydrogen) atoms. The predicted octanol–water partition coefficient (Wildman–Crippen LogP) is 3.12. The average molecular weight is 452 g/mol. The molecule has 1 saturated heterocycles. The highest BCUT2D eigenvalue weighted by Crippen LogP contribution is 2.23. The van der Waals surface area contributed by atoms with E-state index in [4.69, 9.17) is 4.74 Å². The molecule has 3 amide bonds. The van der Waals surface area contributed by atoms with Crippen LogP contribution in [0.5, 0.6) is 5.75 Å². The van der Waals surface area contributed by atoms with Crippen LogP contribution in [0.2, 0.25) is 0 Å². The van der Waals surface area contributed by atoms with Crippen molar-refractivity contribution in [2.75, 3.05) is 26.7 Å². The molecule has 0 unspecified atom stereocenters. The lowest BCUT2D eigenvalue weighted by Gasteiger charge is -2.36. The summed E-state index contributed by atoms with van der Waals surface area (Å²) >= 11 is 0. The standard InChI is InChI=1S/C26H33N3O4/c1-18(2)17-27-25(31)23(28-24(30)21-10-7-11-22(16-21)33-3)19-12-14-29(15-13-19)26(32)20-8-5-4-6-9-20/h4-11,16,18-19,23H,12-15,17H2,1-3H3,(H,27,31)(H,28,30)/t23-/m1/s1. The second kappa shape index (κ2) is 11.5. The zero-order chi connectivity index (χ0) is 23.8. The highest BCUT2D eigenvalue weighted by molar-refractivity contribution is 5.98. The molecule has 1 atom stereocenters. The van der Waals surface area contributed by atoms with Gasteiger partial charge in [0.05, 0.1) is 7.11 Å². The van der Waals surface area contributed by atoms with Crippen molar-refractivity contribution < 1.29 is 19.1 Å². The fraction of sp³-hybridized carbons (Fsp3) is 0.423. The minimum Gasteiger partial charge on any atom is -0.497 e. The summed E-state index contributed by atoms with van der Waals surface area (Å²) in [5.74, 6) is 0.307. The first-order valence-electron chi connectivity index (χ1n) is 11.5. The number of nitrogens with zero attached hydrogens (tertiary/aromatic N) is 1. The molecule has 2 aromatic carbocycles. The number of benzene rings is 2. The zero-order valence-corrected chi connectivity index (χ0v) is 19.5. The van der Waals surface area contributed by atoms with E-state index in [-0.39, 0.29) is 23.6 Å². The van der Waals surface area contributed by atoms with Crippen LogP contribution in [0, 0.1) is 11.8 Å². The summed E-state index contributed by atoms with van der Waals surface area (Å²) in [7, 11) is 1.55. The van der Waals surface area contributed by atoms with Crippen molar-refractivity contribution in [2.45, 2.75) is 32.7 Å². The van der Waals surface area contributed by atoms with E-state index in [9.17, 15) is 14.4 Å². The molecule has 1 heterocycles. The Balaban J connectivity index is 1.69. The number of nitrogens with one attached hydrogen (secondary N) is 2. The number of piperidine rings is 1. The number of amides is 3. The highest BCUT2D eigenvalue weighted by atomic mass is 16.5. The van der Waals surface area contributed by atoms with E-state index in [0.717, 1.165) is 0 Å². The number of methoxy groups -OCH3 is 1. The van der Waals surface area contributed by atoms with Crippen molar-refractivity contribution in [3.63, 3.8) is 0 Å². The van der Waals surface area contributed by atoms with E-state index in [0.29, 0.717) is 55.3 Å². The lowest BCUT2D eigenvalue weighted by Crippen LogP contribution is -2.54. The normalized spacial score (nSPS) is 15.1. The number of hydrogen-bond acceptors (Lipinski definition) is 4. The maximum atomic E-state index is 13.0. The Bertz CT molecular complexity index is 953. The molecule has 0 saturated carbocycles. The van der Waals surface area contributed by atoms with Gasteiger partial charge in [0.1, 0.15) is 11.8 Å². The van der Waals surface area contributed by atoms with Crippen LogP contribution in [0.4, 0.5) is 0 Å². The van der Waals surface area contributed by atoms with Gasteiger partial charge in [0.15, 0.2) is 0 Å². The smallest absolute Gasteiger partial charge is 0.253 e. The Hall–Kier alpha value is -3.35. The summed E-state index contributed by atoms with van der Waals surface area (Å²) in [5, 5.41) is 5.90.